The predicted octanol–water partition coefficient (Wildman–Crippen LogP) is 3.62. The maximum absolute atomic E-state index is 9.38. The molecule has 148 valence electrons. The summed E-state index contributed by atoms with van der Waals surface area (Å²) < 4.78 is 10.7. The Morgan fingerprint density at radius 1 is 1.11 bits per heavy atom. The molecule has 0 amide bonds. The number of hydrogen-bond acceptors (Lipinski definition) is 4. The number of phenolic OH excluding ortho intramolecular Hbond substituents is 1. The van der Waals surface area contributed by atoms with Gasteiger partial charge in [0.25, 0.3) is 0 Å². The molecule has 2 aromatic rings. The Hall–Kier alpha value is -2.16. The van der Waals surface area contributed by atoms with Gasteiger partial charge in [0.05, 0.1) is 20.8 Å². The number of benzene rings is 2. The number of phenols is 1. The molecule has 0 aliphatic rings. The Bertz CT molecular complexity index is 736. The van der Waals surface area contributed by atoms with Crippen molar-refractivity contribution in [3.8, 4) is 17.2 Å². The minimum Gasteiger partial charge on any atom is -0.508 e. The lowest BCUT2D eigenvalue weighted by molar-refractivity contribution is 0.382. The number of nitrogens with one attached hydrogen (secondary N) is 1. The van der Waals surface area contributed by atoms with Crippen LogP contribution in [0.2, 0.25) is 0 Å². The van der Waals surface area contributed by atoms with Crippen LogP contribution in [0.25, 0.3) is 0 Å². The van der Waals surface area contributed by atoms with Crippen molar-refractivity contribution in [3.05, 3.63) is 53.6 Å². The molecule has 0 unspecified atom stereocenters. The van der Waals surface area contributed by atoms with Crippen LogP contribution in [0.5, 0.6) is 17.2 Å². The average molecular weight is 485 g/mol. The number of rotatable bonds is 7. The summed E-state index contributed by atoms with van der Waals surface area (Å²) >= 11 is 0. The molecule has 2 aromatic carbocycles. The van der Waals surface area contributed by atoms with Crippen molar-refractivity contribution in [2.24, 2.45) is 4.99 Å². The van der Waals surface area contributed by atoms with E-state index in [4.69, 9.17) is 9.47 Å². The number of nitrogens with zero attached hydrogens (tertiary/aromatic N) is 2. The predicted molar refractivity (Wildman–Crippen MR) is 119 cm³/mol. The summed E-state index contributed by atoms with van der Waals surface area (Å²) in [7, 11) is 5.28. The van der Waals surface area contributed by atoms with Gasteiger partial charge in [-0.3, -0.25) is 0 Å². The Morgan fingerprint density at radius 3 is 2.41 bits per heavy atom. The summed E-state index contributed by atoms with van der Waals surface area (Å²) in [5.74, 6) is 2.61. The molecule has 0 aromatic heterocycles. The zero-order chi connectivity index (χ0) is 18.9. The molecule has 0 saturated carbocycles. The Balaban J connectivity index is 0.00000364. The monoisotopic (exact) mass is 485 g/mol. The van der Waals surface area contributed by atoms with Crippen LogP contribution >= 0.6 is 24.0 Å². The van der Waals surface area contributed by atoms with Gasteiger partial charge < -0.3 is 24.8 Å². The van der Waals surface area contributed by atoms with Crippen LogP contribution in [-0.2, 0) is 13.1 Å². The molecule has 0 spiro atoms. The van der Waals surface area contributed by atoms with E-state index in [0.29, 0.717) is 13.1 Å². The molecule has 27 heavy (non-hydrogen) atoms. The average Bonchev–Trinajstić information content (AvgIpc) is 2.66. The van der Waals surface area contributed by atoms with Crippen LogP contribution in [0.1, 0.15) is 18.1 Å². The fourth-order valence-electron chi connectivity index (χ4n) is 2.55. The number of aromatic hydroxyl groups is 1. The lowest BCUT2D eigenvalue weighted by atomic mass is 10.2. The molecule has 2 N–H and O–H groups in total. The van der Waals surface area contributed by atoms with E-state index in [1.54, 1.807) is 26.4 Å². The van der Waals surface area contributed by atoms with Crippen molar-refractivity contribution in [1.82, 2.24) is 10.2 Å². The number of halogens is 1. The van der Waals surface area contributed by atoms with Crippen LogP contribution in [0.4, 0.5) is 0 Å². The van der Waals surface area contributed by atoms with Gasteiger partial charge in [0.1, 0.15) is 17.2 Å². The molecule has 0 fully saturated rings. The minimum atomic E-state index is 0. The largest absolute Gasteiger partial charge is 0.508 e. The Labute approximate surface area is 178 Å². The quantitative estimate of drug-likeness (QED) is 0.356. The van der Waals surface area contributed by atoms with Crippen LogP contribution in [0.15, 0.2) is 47.5 Å². The molecule has 0 radical (unpaired) electrons. The zero-order valence-electron chi connectivity index (χ0n) is 16.2. The molecule has 0 atom stereocenters. The Kier molecular flexibility index (Phi) is 9.77. The molecular formula is C20H28IN3O3. The van der Waals surface area contributed by atoms with Crippen molar-refractivity contribution in [2.45, 2.75) is 20.0 Å². The van der Waals surface area contributed by atoms with E-state index in [1.807, 2.05) is 49.2 Å². The van der Waals surface area contributed by atoms with Gasteiger partial charge in [0.2, 0.25) is 0 Å². The van der Waals surface area contributed by atoms with Crippen LogP contribution < -0.4 is 14.8 Å². The SMILES string of the molecule is CCNC(=NCc1ccc(O)cc1)N(C)Cc1ccc(OC)cc1OC.I. The second kappa shape index (κ2) is 11.5. The number of ether oxygens (including phenoxy) is 2. The fourth-order valence-corrected chi connectivity index (χ4v) is 2.55. The van der Waals surface area contributed by atoms with Crippen molar-refractivity contribution < 1.29 is 14.6 Å². The van der Waals surface area contributed by atoms with Crippen molar-refractivity contribution in [3.63, 3.8) is 0 Å². The summed E-state index contributed by atoms with van der Waals surface area (Å²) in [6, 6.07) is 12.9. The van der Waals surface area contributed by atoms with Crippen LogP contribution in [0, 0.1) is 0 Å². The molecule has 0 aliphatic heterocycles. The first-order valence-electron chi connectivity index (χ1n) is 8.55. The lowest BCUT2D eigenvalue weighted by Crippen LogP contribution is -2.38. The fraction of sp³-hybridized carbons (Fsp3) is 0.350. The highest BCUT2D eigenvalue weighted by atomic mass is 127. The smallest absolute Gasteiger partial charge is 0.194 e. The number of guanidine groups is 1. The van der Waals surface area contributed by atoms with Gasteiger partial charge in [-0.2, -0.15) is 0 Å². The van der Waals surface area contributed by atoms with Crippen molar-refractivity contribution in [2.75, 3.05) is 27.8 Å². The normalized spacial score (nSPS) is 10.7. The first kappa shape index (κ1) is 22.9. The maximum Gasteiger partial charge on any atom is 0.194 e. The van der Waals surface area contributed by atoms with Gasteiger partial charge in [-0.05, 0) is 36.8 Å². The summed E-state index contributed by atoms with van der Waals surface area (Å²) in [5, 5.41) is 12.7. The van der Waals surface area contributed by atoms with Crippen molar-refractivity contribution in [1.29, 1.82) is 0 Å². The van der Waals surface area contributed by atoms with Gasteiger partial charge in [-0.15, -0.1) is 24.0 Å². The topological polar surface area (TPSA) is 66.3 Å². The van der Waals surface area contributed by atoms with Crippen LogP contribution in [-0.4, -0.2) is 43.8 Å². The van der Waals surface area contributed by atoms with Gasteiger partial charge in [0, 0.05) is 31.8 Å². The minimum absolute atomic E-state index is 0. The molecule has 0 aliphatic carbocycles. The summed E-state index contributed by atoms with van der Waals surface area (Å²) in [6.45, 7) is 4.00. The van der Waals surface area contributed by atoms with Gasteiger partial charge in [-0.1, -0.05) is 12.1 Å². The van der Waals surface area contributed by atoms with E-state index in [1.165, 1.54) is 0 Å². The number of aliphatic imine (C=N–C) groups is 1. The van der Waals surface area contributed by atoms with E-state index in [9.17, 15) is 5.11 Å². The van der Waals surface area contributed by atoms with Crippen molar-refractivity contribution >= 4 is 29.9 Å². The molecule has 2 rings (SSSR count). The number of hydrogen-bond donors (Lipinski definition) is 2. The highest BCUT2D eigenvalue weighted by Gasteiger charge is 2.11. The summed E-state index contributed by atoms with van der Waals surface area (Å²) in [5.41, 5.74) is 2.08. The lowest BCUT2D eigenvalue weighted by Gasteiger charge is -2.23. The third-order valence-corrected chi connectivity index (χ3v) is 3.95. The Morgan fingerprint density at radius 2 is 1.81 bits per heavy atom. The second-order valence-electron chi connectivity index (χ2n) is 5.87. The molecular weight excluding hydrogens is 457 g/mol. The summed E-state index contributed by atoms with van der Waals surface area (Å²) in [6.07, 6.45) is 0. The van der Waals surface area contributed by atoms with E-state index in [-0.39, 0.29) is 29.7 Å². The molecule has 0 saturated heterocycles. The van der Waals surface area contributed by atoms with Gasteiger partial charge in [0.15, 0.2) is 5.96 Å². The van der Waals surface area contributed by atoms with E-state index in [2.05, 4.69) is 10.3 Å². The summed E-state index contributed by atoms with van der Waals surface area (Å²) in [4.78, 5) is 6.73. The second-order valence-corrected chi connectivity index (χ2v) is 5.87. The maximum atomic E-state index is 9.38. The van der Waals surface area contributed by atoms with E-state index >= 15 is 0 Å². The molecule has 6 nitrogen and oxygen atoms in total. The zero-order valence-corrected chi connectivity index (χ0v) is 18.6. The standard InChI is InChI=1S/C20H27N3O3.HI/c1-5-21-20(22-13-15-6-9-17(24)10-7-15)23(2)14-16-8-11-18(25-3)12-19(16)26-4;/h6-12,24H,5,13-14H2,1-4H3,(H,21,22);1H. The third-order valence-electron chi connectivity index (χ3n) is 3.95. The highest BCUT2D eigenvalue weighted by Crippen LogP contribution is 2.25. The number of methoxy groups -OCH3 is 2. The van der Waals surface area contributed by atoms with E-state index < -0.39 is 0 Å². The molecule has 0 bridgehead atoms. The molecule has 7 heteroatoms. The highest BCUT2D eigenvalue weighted by molar-refractivity contribution is 14.0. The molecule has 0 heterocycles. The third kappa shape index (κ3) is 6.82. The first-order valence-corrected chi connectivity index (χ1v) is 8.55. The van der Waals surface area contributed by atoms with E-state index in [0.717, 1.165) is 35.1 Å². The van der Waals surface area contributed by atoms with Gasteiger partial charge >= 0.3 is 0 Å². The van der Waals surface area contributed by atoms with Gasteiger partial charge in [-0.25, -0.2) is 4.99 Å². The first-order chi connectivity index (χ1) is 12.6. The van der Waals surface area contributed by atoms with Crippen LogP contribution in [0.3, 0.4) is 0 Å².